The Kier molecular flexibility index (Phi) is 6.73. The Morgan fingerprint density at radius 3 is 2.69 bits per heavy atom. The van der Waals surface area contributed by atoms with Crippen LogP contribution in [0.2, 0.25) is 0 Å². The number of carbonyl (C=O) groups is 2. The van der Waals surface area contributed by atoms with Crippen molar-refractivity contribution in [2.45, 2.75) is 25.2 Å². The van der Waals surface area contributed by atoms with Crippen LogP contribution in [0, 0.1) is 11.3 Å². The molecule has 1 aliphatic rings. The number of esters is 1. The van der Waals surface area contributed by atoms with E-state index in [0.29, 0.717) is 15.8 Å². The van der Waals surface area contributed by atoms with Gasteiger partial charge in [0.1, 0.15) is 24.5 Å². The minimum atomic E-state index is -0.795. The molecular weight excluding hydrogens is 440 g/mol. The van der Waals surface area contributed by atoms with E-state index in [4.69, 9.17) is 19.5 Å². The number of carbonyl (C=O) groups excluding carboxylic acids is 2. The van der Waals surface area contributed by atoms with Crippen LogP contribution in [-0.2, 0) is 20.9 Å². The number of ether oxygens (including phenoxy) is 3. The van der Waals surface area contributed by atoms with Crippen molar-refractivity contribution in [3.05, 3.63) is 64.1 Å². The van der Waals surface area contributed by atoms with Gasteiger partial charge in [-0.1, -0.05) is 46.3 Å². The average Bonchev–Trinajstić information content (AvgIpc) is 3.15. The maximum absolute atomic E-state index is 12.6. The molecule has 1 aliphatic heterocycles. The fraction of sp³-hybridized carbons (Fsp3) is 0.286. The van der Waals surface area contributed by atoms with Gasteiger partial charge in [0.25, 0.3) is 0 Å². The summed E-state index contributed by atoms with van der Waals surface area (Å²) in [4.78, 5) is 26.1. The van der Waals surface area contributed by atoms with Crippen LogP contribution in [0.5, 0.6) is 5.75 Å². The van der Waals surface area contributed by atoms with Gasteiger partial charge in [0.15, 0.2) is 0 Å². The van der Waals surface area contributed by atoms with Gasteiger partial charge in [-0.3, -0.25) is 4.90 Å². The third kappa shape index (κ3) is 5.27. The number of nitriles is 1. The van der Waals surface area contributed by atoms with Gasteiger partial charge in [0, 0.05) is 10.9 Å². The van der Waals surface area contributed by atoms with Gasteiger partial charge < -0.3 is 14.2 Å². The van der Waals surface area contributed by atoms with Crippen LogP contribution in [0.25, 0.3) is 0 Å². The van der Waals surface area contributed by atoms with E-state index >= 15 is 0 Å². The zero-order chi connectivity index (χ0) is 20.8. The van der Waals surface area contributed by atoms with Crippen LogP contribution < -0.4 is 4.74 Å². The highest BCUT2D eigenvalue weighted by Crippen LogP contribution is 2.27. The molecule has 0 aromatic heterocycles. The van der Waals surface area contributed by atoms with Gasteiger partial charge in [-0.05, 0) is 23.8 Å². The number of hydrogen-bond acceptors (Lipinski definition) is 6. The van der Waals surface area contributed by atoms with Gasteiger partial charge in [0.2, 0.25) is 0 Å². The Bertz CT molecular complexity index is 928. The molecule has 1 heterocycles. The first-order valence-electron chi connectivity index (χ1n) is 8.92. The smallest absolute Gasteiger partial charge is 0.410 e. The lowest BCUT2D eigenvalue weighted by atomic mass is 10.2. The van der Waals surface area contributed by atoms with Gasteiger partial charge in [-0.25, -0.2) is 9.59 Å². The standard InChI is InChI=1S/C21H19BrN2O5/c1-27-20(25)19-10-18(29-17-8-15(11-23)7-16(22)9-17)12-24(19)21(26)28-13-14-5-3-2-4-6-14/h2-9,18-19H,10,12-13H2,1H3/t18-,19-/m0/s1. The van der Waals surface area contributed by atoms with Gasteiger partial charge >= 0.3 is 12.1 Å². The van der Waals surface area contributed by atoms with Crippen molar-refractivity contribution in [2.75, 3.05) is 13.7 Å². The summed E-state index contributed by atoms with van der Waals surface area (Å²) in [5.41, 5.74) is 1.29. The highest BCUT2D eigenvalue weighted by atomic mass is 79.9. The fourth-order valence-corrected chi connectivity index (χ4v) is 3.61. The predicted molar refractivity (Wildman–Crippen MR) is 107 cm³/mol. The molecule has 1 saturated heterocycles. The Balaban J connectivity index is 1.69. The second kappa shape index (κ2) is 9.43. The molecule has 8 heteroatoms. The molecule has 2 atom stereocenters. The SMILES string of the molecule is COC(=O)[C@@H]1C[C@H](Oc2cc(Br)cc(C#N)c2)CN1C(=O)OCc1ccccc1. The van der Waals surface area contributed by atoms with Crippen molar-refractivity contribution in [3.8, 4) is 11.8 Å². The number of halogens is 1. The van der Waals surface area contributed by atoms with Crippen molar-refractivity contribution in [1.82, 2.24) is 4.90 Å². The van der Waals surface area contributed by atoms with Crippen molar-refractivity contribution >= 4 is 28.0 Å². The number of amides is 1. The summed E-state index contributed by atoms with van der Waals surface area (Å²) >= 11 is 3.34. The third-order valence-electron chi connectivity index (χ3n) is 4.48. The van der Waals surface area contributed by atoms with Crippen LogP contribution in [0.4, 0.5) is 4.79 Å². The molecule has 0 unspecified atom stereocenters. The molecule has 150 valence electrons. The third-order valence-corrected chi connectivity index (χ3v) is 4.94. The molecule has 0 radical (unpaired) electrons. The first-order chi connectivity index (χ1) is 14.0. The first kappa shape index (κ1) is 20.7. The van der Waals surface area contributed by atoms with Crippen LogP contribution in [0.1, 0.15) is 17.5 Å². The lowest BCUT2D eigenvalue weighted by Gasteiger charge is -2.21. The Morgan fingerprint density at radius 2 is 2.00 bits per heavy atom. The molecule has 0 aliphatic carbocycles. The zero-order valence-electron chi connectivity index (χ0n) is 15.7. The number of likely N-dealkylation sites (tertiary alicyclic amines) is 1. The molecule has 0 bridgehead atoms. The van der Waals surface area contributed by atoms with Crippen molar-refractivity contribution in [1.29, 1.82) is 5.26 Å². The molecule has 7 nitrogen and oxygen atoms in total. The highest BCUT2D eigenvalue weighted by molar-refractivity contribution is 9.10. The summed E-state index contributed by atoms with van der Waals surface area (Å²) in [6.45, 7) is 0.272. The van der Waals surface area contributed by atoms with Gasteiger partial charge in [-0.15, -0.1) is 0 Å². The molecule has 2 aromatic carbocycles. The number of hydrogen-bond donors (Lipinski definition) is 0. The summed E-state index contributed by atoms with van der Waals surface area (Å²) in [6, 6.07) is 15.6. The Hall–Kier alpha value is -3.05. The summed E-state index contributed by atoms with van der Waals surface area (Å²) in [7, 11) is 1.28. The fourth-order valence-electron chi connectivity index (χ4n) is 3.13. The largest absolute Gasteiger partial charge is 0.488 e. The van der Waals surface area contributed by atoms with Crippen LogP contribution in [0.3, 0.4) is 0 Å². The minimum Gasteiger partial charge on any atom is -0.488 e. The summed E-state index contributed by atoms with van der Waals surface area (Å²) in [5.74, 6) is -0.0521. The zero-order valence-corrected chi connectivity index (χ0v) is 17.3. The normalized spacial score (nSPS) is 18.0. The predicted octanol–water partition coefficient (Wildman–Crippen LogP) is 3.65. The molecule has 2 aromatic rings. The lowest BCUT2D eigenvalue weighted by Crippen LogP contribution is -2.41. The molecule has 0 N–H and O–H groups in total. The monoisotopic (exact) mass is 458 g/mol. The molecule has 1 amide bonds. The summed E-state index contributed by atoms with van der Waals surface area (Å²) < 4.78 is 16.8. The lowest BCUT2D eigenvalue weighted by molar-refractivity contribution is -0.145. The minimum absolute atomic E-state index is 0.104. The van der Waals surface area contributed by atoms with E-state index in [1.54, 1.807) is 18.2 Å². The average molecular weight is 459 g/mol. The quantitative estimate of drug-likeness (QED) is 0.635. The van der Waals surface area contributed by atoms with E-state index < -0.39 is 24.2 Å². The second-order valence-corrected chi connectivity index (χ2v) is 7.41. The first-order valence-corrected chi connectivity index (χ1v) is 9.72. The van der Waals surface area contributed by atoms with Crippen molar-refractivity contribution < 1.29 is 23.8 Å². The van der Waals surface area contributed by atoms with Crippen LogP contribution >= 0.6 is 15.9 Å². The van der Waals surface area contributed by atoms with Crippen LogP contribution in [0.15, 0.2) is 53.0 Å². The van der Waals surface area contributed by atoms with E-state index in [1.165, 1.54) is 12.0 Å². The number of benzene rings is 2. The molecule has 0 saturated carbocycles. The van der Waals surface area contributed by atoms with E-state index in [0.717, 1.165) is 5.56 Å². The summed E-state index contributed by atoms with van der Waals surface area (Å²) in [6.07, 6.45) is -0.784. The van der Waals surface area contributed by atoms with Gasteiger partial charge in [0.05, 0.1) is 25.3 Å². The maximum Gasteiger partial charge on any atom is 0.410 e. The Labute approximate surface area is 176 Å². The molecule has 0 spiro atoms. The van der Waals surface area contributed by atoms with E-state index in [1.807, 2.05) is 30.3 Å². The van der Waals surface area contributed by atoms with Gasteiger partial charge in [-0.2, -0.15) is 5.26 Å². The topological polar surface area (TPSA) is 88.9 Å². The van der Waals surface area contributed by atoms with E-state index in [2.05, 4.69) is 22.0 Å². The number of methoxy groups -OCH3 is 1. The van der Waals surface area contributed by atoms with E-state index in [-0.39, 0.29) is 19.6 Å². The molecule has 29 heavy (non-hydrogen) atoms. The number of nitrogens with zero attached hydrogens (tertiary/aromatic N) is 2. The molecule has 1 fully saturated rings. The van der Waals surface area contributed by atoms with Crippen LogP contribution in [-0.4, -0.2) is 42.8 Å². The highest BCUT2D eigenvalue weighted by Gasteiger charge is 2.42. The maximum atomic E-state index is 12.6. The molecular formula is C21H19BrN2O5. The second-order valence-electron chi connectivity index (χ2n) is 6.49. The van der Waals surface area contributed by atoms with E-state index in [9.17, 15) is 9.59 Å². The van der Waals surface area contributed by atoms with Crippen molar-refractivity contribution in [2.24, 2.45) is 0 Å². The Morgan fingerprint density at radius 1 is 1.24 bits per heavy atom. The van der Waals surface area contributed by atoms with Crippen molar-refractivity contribution in [3.63, 3.8) is 0 Å². The molecule has 3 rings (SSSR count). The number of rotatable bonds is 5. The summed E-state index contributed by atoms with van der Waals surface area (Å²) in [5, 5.41) is 9.10.